The fourth-order valence-electron chi connectivity index (χ4n) is 3.60. The van der Waals surface area contributed by atoms with Gasteiger partial charge in [-0.15, -0.1) is 0 Å². The molecule has 30 heavy (non-hydrogen) atoms. The van der Waals surface area contributed by atoms with Crippen LogP contribution >= 0.6 is 0 Å². The molecule has 0 unspecified atom stereocenters. The molecule has 154 valence electrons. The molecule has 2 aromatic carbocycles. The van der Waals surface area contributed by atoms with Crippen molar-refractivity contribution < 1.29 is 9.53 Å². The highest BCUT2D eigenvalue weighted by Crippen LogP contribution is 2.21. The quantitative estimate of drug-likeness (QED) is 0.663. The Morgan fingerprint density at radius 1 is 1.13 bits per heavy atom. The molecule has 3 aromatic rings. The summed E-state index contributed by atoms with van der Waals surface area (Å²) in [6.07, 6.45) is 1.65. The molecule has 1 aromatic heterocycles. The van der Waals surface area contributed by atoms with Crippen molar-refractivity contribution in [3.05, 3.63) is 89.6 Å². The van der Waals surface area contributed by atoms with Crippen molar-refractivity contribution in [3.8, 4) is 5.75 Å². The van der Waals surface area contributed by atoms with Gasteiger partial charge in [0.25, 0.3) is 5.91 Å². The van der Waals surface area contributed by atoms with Gasteiger partial charge in [0.15, 0.2) is 0 Å². The number of pyridine rings is 1. The number of anilines is 1. The van der Waals surface area contributed by atoms with Crippen LogP contribution in [-0.4, -0.2) is 37.6 Å². The van der Waals surface area contributed by atoms with Gasteiger partial charge >= 0.3 is 0 Å². The molecule has 2 N–H and O–H groups in total. The first-order chi connectivity index (χ1) is 14.7. The van der Waals surface area contributed by atoms with Gasteiger partial charge in [-0.05, 0) is 35.4 Å². The predicted octanol–water partition coefficient (Wildman–Crippen LogP) is 3.17. The maximum Gasteiger partial charge on any atom is 0.253 e. The largest absolute Gasteiger partial charge is 0.497 e. The summed E-state index contributed by atoms with van der Waals surface area (Å²) in [5, 5.41) is 6.50. The van der Waals surface area contributed by atoms with E-state index in [1.54, 1.807) is 13.3 Å². The van der Waals surface area contributed by atoms with Gasteiger partial charge in [-0.3, -0.25) is 4.79 Å². The first-order valence-corrected chi connectivity index (χ1v) is 10.1. The number of piperazine rings is 1. The number of ether oxygens (including phenoxy) is 1. The molecule has 1 aliphatic rings. The lowest BCUT2D eigenvalue weighted by atomic mass is 10.0. The van der Waals surface area contributed by atoms with E-state index in [0.29, 0.717) is 12.1 Å². The number of hydrogen-bond donors (Lipinski definition) is 2. The molecule has 0 radical (unpaired) electrons. The van der Waals surface area contributed by atoms with Gasteiger partial charge < -0.3 is 20.3 Å². The molecule has 0 spiro atoms. The maximum absolute atomic E-state index is 12.5. The second-order valence-corrected chi connectivity index (χ2v) is 7.30. The van der Waals surface area contributed by atoms with Crippen molar-refractivity contribution in [2.75, 3.05) is 31.6 Å². The normalized spacial score (nSPS) is 16.2. The number of amides is 1. The van der Waals surface area contributed by atoms with E-state index in [0.717, 1.165) is 36.8 Å². The highest BCUT2D eigenvalue weighted by Gasteiger charge is 2.21. The van der Waals surface area contributed by atoms with Crippen LogP contribution in [0.5, 0.6) is 5.75 Å². The fraction of sp³-hybridized carbons (Fsp3) is 0.250. The molecule has 0 saturated carbocycles. The number of methoxy groups -OCH3 is 1. The summed E-state index contributed by atoms with van der Waals surface area (Å²) in [5.74, 6) is 1.56. The number of benzene rings is 2. The van der Waals surface area contributed by atoms with Gasteiger partial charge in [0, 0.05) is 38.4 Å². The summed E-state index contributed by atoms with van der Waals surface area (Å²) in [6.45, 7) is 3.09. The number of nitrogens with zero attached hydrogens (tertiary/aromatic N) is 2. The third kappa shape index (κ3) is 4.78. The Kier molecular flexibility index (Phi) is 6.25. The van der Waals surface area contributed by atoms with Crippen molar-refractivity contribution in [1.82, 2.24) is 15.6 Å². The highest BCUT2D eigenvalue weighted by molar-refractivity contribution is 5.94. The molecular formula is C24H26N4O2. The molecule has 1 aliphatic heterocycles. The lowest BCUT2D eigenvalue weighted by Gasteiger charge is -2.34. The van der Waals surface area contributed by atoms with Crippen molar-refractivity contribution in [3.63, 3.8) is 0 Å². The summed E-state index contributed by atoms with van der Waals surface area (Å²) in [6, 6.07) is 22.1. The fourth-order valence-corrected chi connectivity index (χ4v) is 3.60. The summed E-state index contributed by atoms with van der Waals surface area (Å²) >= 11 is 0. The molecule has 1 saturated heterocycles. The van der Waals surface area contributed by atoms with E-state index in [-0.39, 0.29) is 11.9 Å². The van der Waals surface area contributed by atoms with Gasteiger partial charge in [-0.1, -0.05) is 42.5 Å². The first-order valence-electron chi connectivity index (χ1n) is 10.1. The molecule has 0 bridgehead atoms. The Balaban J connectivity index is 1.35. The zero-order valence-corrected chi connectivity index (χ0v) is 17.0. The van der Waals surface area contributed by atoms with Crippen LogP contribution in [0.25, 0.3) is 0 Å². The number of aromatic nitrogens is 1. The van der Waals surface area contributed by atoms with Crippen molar-refractivity contribution in [1.29, 1.82) is 0 Å². The summed E-state index contributed by atoms with van der Waals surface area (Å²) in [7, 11) is 1.63. The van der Waals surface area contributed by atoms with Crippen LogP contribution in [0.15, 0.2) is 72.9 Å². The second kappa shape index (κ2) is 9.41. The number of nitrogens with one attached hydrogen (secondary N) is 2. The summed E-state index contributed by atoms with van der Waals surface area (Å²) < 4.78 is 5.15. The van der Waals surface area contributed by atoms with E-state index >= 15 is 0 Å². The van der Waals surface area contributed by atoms with Crippen LogP contribution in [-0.2, 0) is 6.54 Å². The predicted molar refractivity (Wildman–Crippen MR) is 118 cm³/mol. The highest BCUT2D eigenvalue weighted by atomic mass is 16.5. The Morgan fingerprint density at radius 3 is 2.63 bits per heavy atom. The SMILES string of the molecule is COc1ccc(CNC(=O)c2ccc(N3CCN[C@@H](c4ccccc4)C3)nc2)cc1. The van der Waals surface area contributed by atoms with Crippen molar-refractivity contribution in [2.45, 2.75) is 12.6 Å². The zero-order valence-electron chi connectivity index (χ0n) is 17.0. The zero-order chi connectivity index (χ0) is 20.8. The lowest BCUT2D eigenvalue weighted by molar-refractivity contribution is 0.0950. The molecule has 4 rings (SSSR count). The van der Waals surface area contributed by atoms with Crippen LogP contribution in [0.1, 0.15) is 27.5 Å². The third-order valence-corrected chi connectivity index (χ3v) is 5.32. The smallest absolute Gasteiger partial charge is 0.253 e. The molecule has 6 heteroatoms. The topological polar surface area (TPSA) is 66.5 Å². The van der Waals surface area contributed by atoms with Crippen molar-refractivity contribution >= 4 is 11.7 Å². The average Bonchev–Trinajstić information content (AvgIpc) is 2.83. The molecule has 6 nitrogen and oxygen atoms in total. The van der Waals surface area contributed by atoms with Gasteiger partial charge in [-0.2, -0.15) is 0 Å². The van der Waals surface area contributed by atoms with Crippen LogP contribution < -0.4 is 20.3 Å². The standard InChI is InChI=1S/C24H26N4O2/c1-30-21-10-7-18(8-11-21)15-27-24(29)20-9-12-23(26-16-20)28-14-13-25-22(17-28)19-5-3-2-4-6-19/h2-12,16,22,25H,13-15,17H2,1H3,(H,27,29)/t22-/m1/s1. The Hall–Kier alpha value is -3.38. The van der Waals surface area contributed by atoms with Crippen LogP contribution in [0.4, 0.5) is 5.82 Å². The first kappa shape index (κ1) is 19.9. The number of carbonyl (C=O) groups is 1. The van der Waals surface area contributed by atoms with Gasteiger partial charge in [-0.25, -0.2) is 4.98 Å². The summed E-state index contributed by atoms with van der Waals surface area (Å²) in [5.41, 5.74) is 2.85. The maximum atomic E-state index is 12.5. The Bertz CT molecular complexity index is 959. The van der Waals surface area contributed by atoms with E-state index in [4.69, 9.17) is 4.74 Å². The molecule has 0 aliphatic carbocycles. The molecule has 1 atom stereocenters. The molecule has 1 fully saturated rings. The van der Waals surface area contributed by atoms with E-state index in [1.807, 2.05) is 42.5 Å². The van der Waals surface area contributed by atoms with E-state index in [2.05, 4.69) is 44.8 Å². The minimum absolute atomic E-state index is 0.132. The van der Waals surface area contributed by atoms with Gasteiger partial charge in [0.2, 0.25) is 0 Å². The minimum atomic E-state index is -0.132. The van der Waals surface area contributed by atoms with E-state index in [9.17, 15) is 4.79 Å². The van der Waals surface area contributed by atoms with E-state index in [1.165, 1.54) is 5.56 Å². The Morgan fingerprint density at radius 2 is 1.93 bits per heavy atom. The average molecular weight is 402 g/mol. The second-order valence-electron chi connectivity index (χ2n) is 7.30. The van der Waals surface area contributed by atoms with Crippen LogP contribution in [0.2, 0.25) is 0 Å². The molecular weight excluding hydrogens is 376 g/mol. The van der Waals surface area contributed by atoms with Crippen LogP contribution in [0, 0.1) is 0 Å². The monoisotopic (exact) mass is 402 g/mol. The van der Waals surface area contributed by atoms with Crippen molar-refractivity contribution in [2.24, 2.45) is 0 Å². The van der Waals surface area contributed by atoms with Gasteiger partial charge in [0.1, 0.15) is 11.6 Å². The Labute approximate surface area is 176 Å². The summed E-state index contributed by atoms with van der Waals surface area (Å²) in [4.78, 5) is 19.3. The number of hydrogen-bond acceptors (Lipinski definition) is 5. The third-order valence-electron chi connectivity index (χ3n) is 5.32. The number of carbonyl (C=O) groups excluding carboxylic acids is 1. The minimum Gasteiger partial charge on any atom is -0.497 e. The van der Waals surface area contributed by atoms with E-state index < -0.39 is 0 Å². The number of rotatable bonds is 6. The van der Waals surface area contributed by atoms with Crippen LogP contribution in [0.3, 0.4) is 0 Å². The van der Waals surface area contributed by atoms with Gasteiger partial charge in [0.05, 0.1) is 12.7 Å². The molecule has 1 amide bonds. The molecule has 2 heterocycles. The lowest BCUT2D eigenvalue weighted by Crippen LogP contribution is -2.46.